The van der Waals surface area contributed by atoms with Crippen LogP contribution >= 0.6 is 0 Å². The molecule has 0 rings (SSSR count). The lowest BCUT2D eigenvalue weighted by molar-refractivity contribution is -0.150. The molecular formula is C5H7FO3. The van der Waals surface area contributed by atoms with Crippen molar-refractivity contribution in [2.45, 2.75) is 13.1 Å². The first-order valence-electron chi connectivity index (χ1n) is 2.32. The van der Waals surface area contributed by atoms with Crippen LogP contribution in [-0.2, 0) is 14.3 Å². The van der Waals surface area contributed by atoms with Gasteiger partial charge in [0.2, 0.25) is 0 Å². The van der Waals surface area contributed by atoms with Crippen LogP contribution in [0.15, 0.2) is 0 Å². The van der Waals surface area contributed by atoms with E-state index in [4.69, 9.17) is 0 Å². The van der Waals surface area contributed by atoms with Gasteiger partial charge in [-0.2, -0.15) is 0 Å². The maximum atomic E-state index is 12.1. The Bertz CT molecular complexity index is 132. The molecule has 0 amide bonds. The van der Waals surface area contributed by atoms with Gasteiger partial charge in [0.05, 0.1) is 7.11 Å². The fourth-order valence-electron chi connectivity index (χ4n) is 0.269. The molecule has 1 unspecified atom stereocenters. The van der Waals surface area contributed by atoms with Crippen molar-refractivity contribution in [2.75, 3.05) is 7.11 Å². The zero-order valence-corrected chi connectivity index (χ0v) is 5.18. The first-order chi connectivity index (χ1) is 4.09. The van der Waals surface area contributed by atoms with Gasteiger partial charge in [0, 0.05) is 0 Å². The summed E-state index contributed by atoms with van der Waals surface area (Å²) in [6.45, 7) is 0.988. The van der Waals surface area contributed by atoms with E-state index in [1.807, 2.05) is 0 Å². The molecule has 4 heteroatoms. The van der Waals surface area contributed by atoms with Crippen molar-refractivity contribution >= 4 is 11.8 Å². The molecule has 9 heavy (non-hydrogen) atoms. The molecule has 0 spiro atoms. The maximum Gasteiger partial charge on any atom is 0.348 e. The molecule has 52 valence electrons. The Balaban J connectivity index is 3.88. The predicted octanol–water partition coefficient (Wildman–Crippen LogP) is 0.0865. The molecule has 3 nitrogen and oxygen atoms in total. The number of methoxy groups -OCH3 is 1. The summed E-state index contributed by atoms with van der Waals surface area (Å²) in [6, 6.07) is 0. The van der Waals surface area contributed by atoms with Crippen LogP contribution in [0.5, 0.6) is 0 Å². The van der Waals surface area contributed by atoms with Crippen molar-refractivity contribution in [1.82, 2.24) is 0 Å². The van der Waals surface area contributed by atoms with Gasteiger partial charge in [-0.15, -0.1) is 0 Å². The number of esters is 1. The molecule has 0 saturated heterocycles. The highest BCUT2D eigenvalue weighted by Crippen LogP contribution is 1.93. The van der Waals surface area contributed by atoms with Gasteiger partial charge in [-0.05, 0) is 6.92 Å². The second-order valence-electron chi connectivity index (χ2n) is 1.50. The number of ether oxygens (including phenoxy) is 1. The molecule has 0 N–H and O–H groups in total. The molecule has 1 atom stereocenters. The first kappa shape index (κ1) is 8.07. The Morgan fingerprint density at radius 1 is 1.56 bits per heavy atom. The van der Waals surface area contributed by atoms with Crippen molar-refractivity contribution in [2.24, 2.45) is 0 Å². The van der Waals surface area contributed by atoms with E-state index in [0.717, 1.165) is 14.0 Å². The summed E-state index contributed by atoms with van der Waals surface area (Å²) in [5.74, 6) is -1.97. The van der Waals surface area contributed by atoms with Gasteiger partial charge in [0.1, 0.15) is 0 Å². The molecule has 0 aliphatic rings. The first-order valence-corrected chi connectivity index (χ1v) is 2.32. The van der Waals surface area contributed by atoms with Gasteiger partial charge < -0.3 is 4.74 Å². The predicted molar refractivity (Wildman–Crippen MR) is 27.6 cm³/mol. The van der Waals surface area contributed by atoms with Crippen LogP contribution in [-0.4, -0.2) is 25.0 Å². The number of hydrogen-bond donors (Lipinski definition) is 0. The molecule has 0 aliphatic heterocycles. The Hall–Kier alpha value is -0.930. The van der Waals surface area contributed by atoms with Crippen LogP contribution < -0.4 is 0 Å². The van der Waals surface area contributed by atoms with Gasteiger partial charge in [-0.3, -0.25) is 4.79 Å². The van der Waals surface area contributed by atoms with Gasteiger partial charge in [0.25, 0.3) is 6.17 Å². The normalized spacial score (nSPS) is 12.3. The maximum absolute atomic E-state index is 12.1. The number of ketones is 1. The summed E-state index contributed by atoms with van der Waals surface area (Å²) in [6.07, 6.45) is -2.12. The second kappa shape index (κ2) is 3.17. The third-order valence-electron chi connectivity index (χ3n) is 0.765. The number of hydrogen-bond acceptors (Lipinski definition) is 3. The Morgan fingerprint density at radius 2 is 2.00 bits per heavy atom. The minimum absolute atomic E-state index is 0.832. The number of halogens is 1. The Kier molecular flexibility index (Phi) is 2.84. The minimum atomic E-state index is -2.12. The van der Waals surface area contributed by atoms with E-state index in [9.17, 15) is 14.0 Å². The number of rotatable bonds is 2. The Morgan fingerprint density at radius 3 is 2.11 bits per heavy atom. The lowest BCUT2D eigenvalue weighted by atomic mass is 10.3. The SMILES string of the molecule is COC(=O)C(F)C(C)=O. The van der Waals surface area contributed by atoms with Gasteiger partial charge >= 0.3 is 5.97 Å². The highest BCUT2D eigenvalue weighted by atomic mass is 19.1. The molecule has 0 radical (unpaired) electrons. The van der Waals surface area contributed by atoms with Crippen LogP contribution in [0.25, 0.3) is 0 Å². The van der Waals surface area contributed by atoms with Crippen LogP contribution in [0, 0.1) is 0 Å². The molecular weight excluding hydrogens is 127 g/mol. The number of Topliss-reactive ketones (excluding diaryl/α,β-unsaturated/α-hetero) is 1. The number of alkyl halides is 1. The van der Waals surface area contributed by atoms with E-state index in [1.54, 1.807) is 0 Å². The van der Waals surface area contributed by atoms with E-state index in [0.29, 0.717) is 0 Å². The standard InChI is InChI=1S/C5H7FO3/c1-3(7)4(6)5(8)9-2/h4H,1-2H3. The topological polar surface area (TPSA) is 43.4 Å². The van der Waals surface area contributed by atoms with Gasteiger partial charge in [-0.25, -0.2) is 9.18 Å². The molecule has 0 aromatic rings. The van der Waals surface area contributed by atoms with Crippen molar-refractivity contribution in [3.8, 4) is 0 Å². The van der Waals surface area contributed by atoms with E-state index < -0.39 is 17.9 Å². The zero-order valence-electron chi connectivity index (χ0n) is 5.18. The molecule has 0 heterocycles. The molecule has 0 aromatic carbocycles. The zero-order chi connectivity index (χ0) is 7.44. The smallest absolute Gasteiger partial charge is 0.348 e. The van der Waals surface area contributed by atoms with Crippen LogP contribution in [0.1, 0.15) is 6.92 Å². The van der Waals surface area contributed by atoms with Crippen LogP contribution in [0.3, 0.4) is 0 Å². The van der Waals surface area contributed by atoms with E-state index in [1.165, 1.54) is 0 Å². The van der Waals surface area contributed by atoms with Crippen molar-refractivity contribution in [1.29, 1.82) is 0 Å². The minimum Gasteiger partial charge on any atom is -0.467 e. The van der Waals surface area contributed by atoms with Crippen LogP contribution in [0.2, 0.25) is 0 Å². The molecule has 0 saturated carbocycles. The highest BCUT2D eigenvalue weighted by molar-refractivity contribution is 6.00. The van der Waals surface area contributed by atoms with Gasteiger partial charge in [0.15, 0.2) is 5.78 Å². The van der Waals surface area contributed by atoms with Crippen molar-refractivity contribution < 1.29 is 18.7 Å². The van der Waals surface area contributed by atoms with Gasteiger partial charge in [-0.1, -0.05) is 0 Å². The molecule has 0 fully saturated rings. The van der Waals surface area contributed by atoms with E-state index >= 15 is 0 Å². The summed E-state index contributed by atoms with van der Waals surface area (Å²) in [4.78, 5) is 20.2. The third-order valence-corrected chi connectivity index (χ3v) is 0.765. The quantitative estimate of drug-likeness (QED) is 0.397. The Labute approximate surface area is 51.8 Å². The monoisotopic (exact) mass is 134 g/mol. The van der Waals surface area contributed by atoms with E-state index in [-0.39, 0.29) is 0 Å². The third kappa shape index (κ3) is 2.21. The average Bonchev–Trinajstić information content (AvgIpc) is 1.84. The molecule has 0 aliphatic carbocycles. The fourth-order valence-corrected chi connectivity index (χ4v) is 0.269. The summed E-state index contributed by atoms with van der Waals surface area (Å²) in [5, 5.41) is 0. The van der Waals surface area contributed by atoms with Crippen molar-refractivity contribution in [3.63, 3.8) is 0 Å². The number of carbonyl (C=O) groups excluding carboxylic acids is 2. The summed E-state index contributed by atoms with van der Waals surface area (Å²) < 4.78 is 16.0. The second-order valence-corrected chi connectivity index (χ2v) is 1.50. The summed E-state index contributed by atoms with van der Waals surface area (Å²) in [5.41, 5.74) is 0. The van der Waals surface area contributed by atoms with Crippen molar-refractivity contribution in [3.05, 3.63) is 0 Å². The summed E-state index contributed by atoms with van der Waals surface area (Å²) in [7, 11) is 1.03. The molecule has 0 bridgehead atoms. The molecule has 0 aromatic heterocycles. The fraction of sp³-hybridized carbons (Fsp3) is 0.600. The number of carbonyl (C=O) groups is 2. The van der Waals surface area contributed by atoms with Crippen LogP contribution in [0.4, 0.5) is 4.39 Å². The lowest BCUT2D eigenvalue weighted by Gasteiger charge is -1.98. The van der Waals surface area contributed by atoms with E-state index in [2.05, 4.69) is 4.74 Å². The lowest BCUT2D eigenvalue weighted by Crippen LogP contribution is -2.24. The summed E-state index contributed by atoms with van der Waals surface area (Å²) >= 11 is 0. The largest absolute Gasteiger partial charge is 0.467 e. The average molecular weight is 134 g/mol. The highest BCUT2D eigenvalue weighted by Gasteiger charge is 2.22.